The van der Waals surface area contributed by atoms with E-state index in [9.17, 15) is 19.2 Å². The number of benzene rings is 1. The molecule has 0 atom stereocenters. The largest absolute Gasteiger partial charge is 0.465 e. The fourth-order valence-electron chi connectivity index (χ4n) is 2.80. The van der Waals surface area contributed by atoms with Crippen LogP contribution in [0.2, 0.25) is 0 Å². The van der Waals surface area contributed by atoms with Gasteiger partial charge in [0.15, 0.2) is 0 Å². The molecule has 31 heavy (non-hydrogen) atoms. The Morgan fingerprint density at radius 2 is 1.58 bits per heavy atom. The highest BCUT2D eigenvalue weighted by molar-refractivity contribution is 7.19. The monoisotopic (exact) mass is 458 g/mol. The Hall–Kier alpha value is -3.50. The van der Waals surface area contributed by atoms with Gasteiger partial charge >= 0.3 is 11.9 Å². The molecule has 0 fully saturated rings. The van der Waals surface area contributed by atoms with Crippen LogP contribution in [0.15, 0.2) is 41.8 Å². The van der Waals surface area contributed by atoms with Crippen LogP contribution in [0.3, 0.4) is 0 Å². The number of esters is 2. The zero-order valence-electron chi connectivity index (χ0n) is 16.8. The summed E-state index contributed by atoms with van der Waals surface area (Å²) in [5.74, 6) is -2.22. The third kappa shape index (κ3) is 4.65. The molecular formula is C21H18N2O6S2. The molecule has 0 bridgehead atoms. The van der Waals surface area contributed by atoms with E-state index in [1.807, 2.05) is 0 Å². The summed E-state index contributed by atoms with van der Waals surface area (Å²) < 4.78 is 9.57. The van der Waals surface area contributed by atoms with Gasteiger partial charge in [-0.1, -0.05) is 18.2 Å². The van der Waals surface area contributed by atoms with Crippen molar-refractivity contribution in [2.24, 2.45) is 0 Å². The number of hydrogen-bond acceptors (Lipinski definition) is 8. The zero-order chi connectivity index (χ0) is 22.5. The van der Waals surface area contributed by atoms with Crippen LogP contribution in [0.1, 0.15) is 45.6 Å². The number of hydrogen-bond donors (Lipinski definition) is 2. The van der Waals surface area contributed by atoms with Gasteiger partial charge in [0.05, 0.1) is 40.8 Å². The molecule has 0 radical (unpaired) electrons. The van der Waals surface area contributed by atoms with Crippen LogP contribution in [-0.4, -0.2) is 38.0 Å². The lowest BCUT2D eigenvalue weighted by molar-refractivity contribution is 0.0592. The van der Waals surface area contributed by atoms with E-state index >= 15 is 0 Å². The van der Waals surface area contributed by atoms with Gasteiger partial charge in [-0.2, -0.15) is 0 Å². The summed E-state index contributed by atoms with van der Waals surface area (Å²) in [7, 11) is 2.46. The van der Waals surface area contributed by atoms with E-state index < -0.39 is 23.8 Å². The van der Waals surface area contributed by atoms with Crippen molar-refractivity contribution in [2.75, 3.05) is 24.9 Å². The Morgan fingerprint density at radius 3 is 2.23 bits per heavy atom. The van der Waals surface area contributed by atoms with E-state index in [0.717, 1.165) is 11.3 Å². The Balaban J connectivity index is 1.95. The van der Waals surface area contributed by atoms with Crippen LogP contribution in [0, 0.1) is 6.92 Å². The first kappa shape index (κ1) is 22.2. The summed E-state index contributed by atoms with van der Waals surface area (Å²) in [5, 5.41) is 7.31. The van der Waals surface area contributed by atoms with E-state index in [-0.39, 0.29) is 26.7 Å². The molecular weight excluding hydrogens is 440 g/mol. The molecule has 10 heteroatoms. The van der Waals surface area contributed by atoms with E-state index in [4.69, 9.17) is 9.47 Å². The molecule has 2 amide bonds. The summed E-state index contributed by atoms with van der Waals surface area (Å²) in [6.45, 7) is 1.59. The van der Waals surface area contributed by atoms with Gasteiger partial charge in [0.1, 0.15) is 5.00 Å². The standard InChI is InChI=1S/C21H18N2O6S2/c1-11-15(21(27)29-3)19(23-17(24)14-9-6-10-30-14)31-16(11)18(25)22-13-8-5-4-7-12(13)20(26)28-2/h4-10H,1-3H3,(H,22,25)(H,23,24). The van der Waals surface area contributed by atoms with Crippen LogP contribution in [0.5, 0.6) is 0 Å². The average Bonchev–Trinajstić information content (AvgIpc) is 3.41. The average molecular weight is 459 g/mol. The first-order valence-corrected chi connectivity index (χ1v) is 10.6. The molecule has 0 saturated heterocycles. The predicted molar refractivity (Wildman–Crippen MR) is 118 cm³/mol. The maximum Gasteiger partial charge on any atom is 0.341 e. The lowest BCUT2D eigenvalue weighted by Crippen LogP contribution is -2.15. The van der Waals surface area contributed by atoms with Crippen LogP contribution in [-0.2, 0) is 9.47 Å². The quantitative estimate of drug-likeness (QED) is 0.536. The van der Waals surface area contributed by atoms with Crippen LogP contribution in [0.4, 0.5) is 10.7 Å². The van der Waals surface area contributed by atoms with Gasteiger partial charge in [-0.05, 0) is 36.1 Å². The molecule has 0 spiro atoms. The Morgan fingerprint density at radius 1 is 0.871 bits per heavy atom. The molecule has 0 aliphatic heterocycles. The molecule has 0 saturated carbocycles. The highest BCUT2D eigenvalue weighted by Crippen LogP contribution is 2.35. The maximum atomic E-state index is 13.0. The van der Waals surface area contributed by atoms with E-state index in [0.29, 0.717) is 10.4 Å². The second kappa shape index (κ2) is 9.54. The number of methoxy groups -OCH3 is 2. The number of carbonyl (C=O) groups is 4. The van der Waals surface area contributed by atoms with Crippen molar-refractivity contribution in [1.82, 2.24) is 0 Å². The highest BCUT2D eigenvalue weighted by atomic mass is 32.1. The third-order valence-electron chi connectivity index (χ3n) is 4.30. The Bertz CT molecular complexity index is 1150. The van der Waals surface area contributed by atoms with Crippen LogP contribution in [0.25, 0.3) is 0 Å². The topological polar surface area (TPSA) is 111 Å². The van der Waals surface area contributed by atoms with Crippen molar-refractivity contribution in [3.05, 3.63) is 68.2 Å². The van der Waals surface area contributed by atoms with E-state index in [1.165, 1.54) is 31.6 Å². The summed E-state index contributed by atoms with van der Waals surface area (Å²) in [4.78, 5) is 50.4. The normalized spacial score (nSPS) is 10.3. The molecule has 2 aromatic heterocycles. The van der Waals surface area contributed by atoms with Gasteiger partial charge in [-0.15, -0.1) is 22.7 Å². The molecule has 8 nitrogen and oxygen atoms in total. The molecule has 0 unspecified atom stereocenters. The van der Waals surface area contributed by atoms with E-state index in [1.54, 1.807) is 42.6 Å². The molecule has 3 rings (SSSR count). The molecule has 1 aromatic carbocycles. The van der Waals surface area contributed by atoms with Crippen molar-refractivity contribution >= 4 is 57.1 Å². The minimum absolute atomic E-state index is 0.101. The summed E-state index contributed by atoms with van der Waals surface area (Å²) >= 11 is 2.20. The molecule has 3 aromatic rings. The SMILES string of the molecule is COC(=O)c1ccccc1NC(=O)c1sc(NC(=O)c2cccs2)c(C(=O)OC)c1C. The predicted octanol–water partition coefficient (Wildman–Crippen LogP) is 4.20. The van der Waals surface area contributed by atoms with Crippen molar-refractivity contribution in [3.63, 3.8) is 0 Å². The van der Waals surface area contributed by atoms with Crippen molar-refractivity contribution in [3.8, 4) is 0 Å². The van der Waals surface area contributed by atoms with Gasteiger partial charge < -0.3 is 20.1 Å². The van der Waals surface area contributed by atoms with Gasteiger partial charge in [-0.25, -0.2) is 9.59 Å². The van der Waals surface area contributed by atoms with Gasteiger partial charge in [0.25, 0.3) is 11.8 Å². The minimum atomic E-state index is -0.677. The van der Waals surface area contributed by atoms with Crippen LogP contribution >= 0.6 is 22.7 Å². The first-order valence-electron chi connectivity index (χ1n) is 8.92. The Labute approximate surface area is 185 Å². The lowest BCUT2D eigenvalue weighted by atomic mass is 10.1. The number of rotatable bonds is 6. The third-order valence-corrected chi connectivity index (χ3v) is 6.37. The number of anilines is 2. The number of ether oxygens (including phenoxy) is 2. The first-order chi connectivity index (χ1) is 14.9. The summed E-state index contributed by atoms with van der Waals surface area (Å²) in [6.07, 6.45) is 0. The molecule has 0 aliphatic rings. The van der Waals surface area contributed by atoms with Gasteiger partial charge in [0.2, 0.25) is 0 Å². The number of amides is 2. The molecule has 160 valence electrons. The maximum absolute atomic E-state index is 13.0. The van der Waals surface area contributed by atoms with Crippen LogP contribution < -0.4 is 10.6 Å². The second-order valence-electron chi connectivity index (χ2n) is 6.17. The van der Waals surface area contributed by atoms with Crippen molar-refractivity contribution in [1.29, 1.82) is 0 Å². The lowest BCUT2D eigenvalue weighted by Gasteiger charge is -2.09. The summed E-state index contributed by atoms with van der Waals surface area (Å²) in [6, 6.07) is 9.78. The number of thiophene rings is 2. The van der Waals surface area contributed by atoms with Gasteiger partial charge in [0, 0.05) is 0 Å². The highest BCUT2D eigenvalue weighted by Gasteiger charge is 2.27. The fraction of sp³-hybridized carbons (Fsp3) is 0.143. The molecule has 2 heterocycles. The molecule has 2 N–H and O–H groups in total. The van der Waals surface area contributed by atoms with Gasteiger partial charge in [-0.3, -0.25) is 9.59 Å². The fourth-order valence-corrected chi connectivity index (χ4v) is 4.50. The Kier molecular flexibility index (Phi) is 6.83. The summed E-state index contributed by atoms with van der Waals surface area (Å²) in [5.41, 5.74) is 0.901. The second-order valence-corrected chi connectivity index (χ2v) is 8.14. The number of para-hydroxylation sites is 1. The van der Waals surface area contributed by atoms with Crippen molar-refractivity contribution < 1.29 is 28.7 Å². The number of nitrogens with one attached hydrogen (secondary N) is 2. The number of carbonyl (C=O) groups excluding carboxylic acids is 4. The zero-order valence-corrected chi connectivity index (χ0v) is 18.4. The minimum Gasteiger partial charge on any atom is -0.465 e. The van der Waals surface area contributed by atoms with Crippen molar-refractivity contribution in [2.45, 2.75) is 6.92 Å². The smallest absolute Gasteiger partial charge is 0.341 e. The molecule has 0 aliphatic carbocycles. The van der Waals surface area contributed by atoms with E-state index in [2.05, 4.69) is 10.6 Å².